The van der Waals surface area contributed by atoms with Crippen LogP contribution in [0.4, 0.5) is 0 Å². The van der Waals surface area contributed by atoms with Crippen LogP contribution in [0.5, 0.6) is 5.75 Å². The Balaban J connectivity index is 1.89. The first-order valence-corrected chi connectivity index (χ1v) is 7.28. The number of phenolic OH excluding ortho intramolecular Hbond substituents is 1. The van der Waals surface area contributed by atoms with Gasteiger partial charge in [-0.2, -0.15) is 0 Å². The minimum atomic E-state index is -0.777. The highest BCUT2D eigenvalue weighted by molar-refractivity contribution is 6.30. The average molecular weight is 334 g/mol. The highest BCUT2D eigenvalue weighted by Gasteiger charge is 2.16. The van der Waals surface area contributed by atoms with Gasteiger partial charge in [-0.1, -0.05) is 41.9 Å². The Morgan fingerprint density at radius 2 is 1.87 bits per heavy atom. The third-order valence-electron chi connectivity index (χ3n) is 3.19. The Morgan fingerprint density at radius 3 is 2.52 bits per heavy atom. The minimum Gasteiger partial charge on any atom is -0.507 e. The van der Waals surface area contributed by atoms with Crippen molar-refractivity contribution in [2.24, 2.45) is 0 Å². The molecule has 0 saturated carbocycles. The lowest BCUT2D eigenvalue weighted by atomic mass is 10.2. The van der Waals surface area contributed by atoms with Crippen LogP contribution >= 0.6 is 11.6 Å². The van der Waals surface area contributed by atoms with Gasteiger partial charge in [0.25, 0.3) is 5.91 Å². The van der Waals surface area contributed by atoms with Crippen molar-refractivity contribution in [1.82, 2.24) is 4.90 Å². The van der Waals surface area contributed by atoms with Gasteiger partial charge in [-0.3, -0.25) is 4.79 Å². The van der Waals surface area contributed by atoms with E-state index in [0.29, 0.717) is 11.6 Å². The molecule has 0 spiro atoms. The van der Waals surface area contributed by atoms with Crippen LogP contribution in [0.2, 0.25) is 5.02 Å². The van der Waals surface area contributed by atoms with Crippen LogP contribution < -0.4 is 0 Å². The topological polar surface area (TPSA) is 66.8 Å². The van der Waals surface area contributed by atoms with Gasteiger partial charge >= 0.3 is 5.97 Å². The maximum Gasteiger partial charge on any atom is 0.342 e. The summed E-state index contributed by atoms with van der Waals surface area (Å²) in [5, 5.41) is 9.95. The molecule has 0 bridgehead atoms. The smallest absolute Gasteiger partial charge is 0.342 e. The maximum absolute atomic E-state index is 12.0. The van der Waals surface area contributed by atoms with E-state index in [4.69, 9.17) is 16.3 Å². The fourth-order valence-corrected chi connectivity index (χ4v) is 2.10. The molecule has 23 heavy (non-hydrogen) atoms. The third kappa shape index (κ3) is 4.72. The molecule has 2 aromatic rings. The number of benzene rings is 2. The van der Waals surface area contributed by atoms with Gasteiger partial charge in [0.2, 0.25) is 0 Å². The Hall–Kier alpha value is -2.53. The van der Waals surface area contributed by atoms with Crippen molar-refractivity contribution in [3.8, 4) is 5.75 Å². The minimum absolute atomic E-state index is 0.0343. The normalized spacial score (nSPS) is 10.2. The standard InChI is InChI=1S/C17H16ClNO4/c1-19(10-12-5-3-2-4-6-12)16(21)11-23-17(22)14-8-7-13(18)9-15(14)20/h2-9,20H,10-11H2,1H3. The van der Waals surface area contributed by atoms with E-state index in [0.717, 1.165) is 5.56 Å². The van der Waals surface area contributed by atoms with Gasteiger partial charge in [0.15, 0.2) is 6.61 Å². The SMILES string of the molecule is CN(Cc1ccccc1)C(=O)COC(=O)c1ccc(Cl)cc1O. The van der Waals surface area contributed by atoms with Crippen molar-refractivity contribution in [3.05, 3.63) is 64.7 Å². The van der Waals surface area contributed by atoms with Crippen molar-refractivity contribution in [2.75, 3.05) is 13.7 Å². The summed E-state index contributed by atoms with van der Waals surface area (Å²) in [6.07, 6.45) is 0. The van der Waals surface area contributed by atoms with Crippen molar-refractivity contribution in [1.29, 1.82) is 0 Å². The number of carbonyl (C=O) groups excluding carboxylic acids is 2. The van der Waals surface area contributed by atoms with Crippen molar-refractivity contribution < 1.29 is 19.4 Å². The van der Waals surface area contributed by atoms with Crippen LogP contribution in [-0.4, -0.2) is 35.5 Å². The molecule has 0 aromatic heterocycles. The van der Waals surface area contributed by atoms with E-state index in [9.17, 15) is 14.7 Å². The first-order valence-electron chi connectivity index (χ1n) is 6.91. The molecule has 1 amide bonds. The van der Waals surface area contributed by atoms with Crippen LogP contribution in [0.1, 0.15) is 15.9 Å². The van der Waals surface area contributed by atoms with Gasteiger partial charge in [0.05, 0.1) is 0 Å². The highest BCUT2D eigenvalue weighted by Crippen LogP contribution is 2.22. The van der Waals surface area contributed by atoms with Crippen LogP contribution in [-0.2, 0) is 16.1 Å². The molecule has 120 valence electrons. The molecule has 0 aliphatic rings. The van der Waals surface area contributed by atoms with Crippen LogP contribution in [0.3, 0.4) is 0 Å². The van der Waals surface area contributed by atoms with Gasteiger partial charge in [0.1, 0.15) is 11.3 Å². The van der Waals surface area contributed by atoms with E-state index in [1.54, 1.807) is 7.05 Å². The number of amides is 1. The molecular weight excluding hydrogens is 318 g/mol. The summed E-state index contributed by atoms with van der Waals surface area (Å²) in [5.41, 5.74) is 0.943. The summed E-state index contributed by atoms with van der Waals surface area (Å²) >= 11 is 5.69. The zero-order chi connectivity index (χ0) is 16.8. The van der Waals surface area contributed by atoms with E-state index in [-0.39, 0.29) is 17.2 Å². The van der Waals surface area contributed by atoms with Gasteiger partial charge in [0, 0.05) is 18.6 Å². The molecule has 6 heteroatoms. The molecule has 0 unspecified atom stereocenters. The molecule has 0 aliphatic heterocycles. The van der Waals surface area contributed by atoms with Crippen LogP contribution in [0, 0.1) is 0 Å². The van der Waals surface area contributed by atoms with E-state index >= 15 is 0 Å². The number of nitrogens with zero attached hydrogens (tertiary/aromatic N) is 1. The number of rotatable bonds is 5. The van der Waals surface area contributed by atoms with Gasteiger partial charge in [-0.15, -0.1) is 0 Å². The van der Waals surface area contributed by atoms with E-state index in [1.165, 1.54) is 23.1 Å². The Labute approximate surface area is 139 Å². The Morgan fingerprint density at radius 1 is 1.17 bits per heavy atom. The second-order valence-corrected chi connectivity index (χ2v) is 5.41. The fraction of sp³-hybridized carbons (Fsp3) is 0.176. The number of aromatic hydroxyl groups is 1. The second-order valence-electron chi connectivity index (χ2n) is 4.97. The number of ether oxygens (including phenoxy) is 1. The lowest BCUT2D eigenvalue weighted by Crippen LogP contribution is -2.30. The largest absolute Gasteiger partial charge is 0.507 e. The molecule has 5 nitrogen and oxygen atoms in total. The number of carbonyl (C=O) groups is 2. The van der Waals surface area contributed by atoms with Crippen molar-refractivity contribution in [2.45, 2.75) is 6.54 Å². The number of hydrogen-bond acceptors (Lipinski definition) is 4. The number of halogens is 1. The fourth-order valence-electron chi connectivity index (χ4n) is 1.94. The highest BCUT2D eigenvalue weighted by atomic mass is 35.5. The number of hydrogen-bond donors (Lipinski definition) is 1. The van der Waals surface area contributed by atoms with Gasteiger partial charge in [-0.05, 0) is 23.8 Å². The predicted octanol–water partition coefficient (Wildman–Crippen LogP) is 2.86. The van der Waals surface area contributed by atoms with Gasteiger partial charge < -0.3 is 14.7 Å². The van der Waals surface area contributed by atoms with Crippen LogP contribution in [0.25, 0.3) is 0 Å². The number of likely N-dealkylation sites (N-methyl/N-ethyl adjacent to an activating group) is 1. The molecule has 0 atom stereocenters. The quantitative estimate of drug-likeness (QED) is 0.854. The molecule has 0 saturated heterocycles. The molecule has 2 rings (SSSR count). The molecule has 0 aliphatic carbocycles. The predicted molar refractivity (Wildman–Crippen MR) is 86.3 cm³/mol. The van der Waals surface area contributed by atoms with E-state index < -0.39 is 12.6 Å². The molecule has 0 fully saturated rings. The lowest BCUT2D eigenvalue weighted by Gasteiger charge is -2.17. The summed E-state index contributed by atoms with van der Waals surface area (Å²) < 4.78 is 4.94. The summed E-state index contributed by atoms with van der Waals surface area (Å²) in [5.74, 6) is -1.40. The number of phenols is 1. The zero-order valence-corrected chi connectivity index (χ0v) is 13.3. The molecule has 1 N–H and O–H groups in total. The lowest BCUT2D eigenvalue weighted by molar-refractivity contribution is -0.133. The zero-order valence-electron chi connectivity index (χ0n) is 12.5. The summed E-state index contributed by atoms with van der Waals surface area (Å²) in [4.78, 5) is 25.3. The first-order chi connectivity index (χ1) is 11.0. The van der Waals surface area contributed by atoms with E-state index in [1.807, 2.05) is 30.3 Å². The molecule has 0 heterocycles. The van der Waals surface area contributed by atoms with Crippen molar-refractivity contribution >= 4 is 23.5 Å². The van der Waals surface area contributed by atoms with Gasteiger partial charge in [-0.25, -0.2) is 4.79 Å². The Bertz CT molecular complexity index is 703. The third-order valence-corrected chi connectivity index (χ3v) is 3.43. The van der Waals surface area contributed by atoms with Crippen LogP contribution in [0.15, 0.2) is 48.5 Å². The monoisotopic (exact) mass is 333 g/mol. The Kier molecular flexibility index (Phi) is 5.60. The molecule has 0 radical (unpaired) electrons. The second kappa shape index (κ2) is 7.65. The molecular formula is C17H16ClNO4. The maximum atomic E-state index is 12.0. The average Bonchev–Trinajstić information content (AvgIpc) is 2.53. The summed E-state index contributed by atoms with van der Waals surface area (Å²) in [6, 6.07) is 13.5. The van der Waals surface area contributed by atoms with Crippen molar-refractivity contribution in [3.63, 3.8) is 0 Å². The summed E-state index contributed by atoms with van der Waals surface area (Å²) in [7, 11) is 1.63. The summed E-state index contributed by atoms with van der Waals surface area (Å²) in [6.45, 7) is 0.0215. The van der Waals surface area contributed by atoms with E-state index in [2.05, 4.69) is 0 Å². The number of esters is 1. The first kappa shape index (κ1) is 16.8. The molecule has 2 aromatic carbocycles.